The van der Waals surface area contributed by atoms with Gasteiger partial charge in [0.05, 0.1) is 28.5 Å². The van der Waals surface area contributed by atoms with Crippen molar-refractivity contribution >= 4 is 28.0 Å². The highest BCUT2D eigenvalue weighted by molar-refractivity contribution is 7.18. The fourth-order valence-electron chi connectivity index (χ4n) is 4.45. The smallest absolute Gasteiger partial charge is 0.185 e. The highest BCUT2D eigenvalue weighted by Crippen LogP contribution is 2.33. The molecule has 5 rings (SSSR count). The normalized spacial score (nSPS) is 21.2. The van der Waals surface area contributed by atoms with E-state index in [0.29, 0.717) is 11.4 Å². The molecule has 2 aromatic heterocycles. The molecule has 0 bridgehead atoms. The van der Waals surface area contributed by atoms with E-state index in [0.717, 1.165) is 53.1 Å². The summed E-state index contributed by atoms with van der Waals surface area (Å²) in [6, 6.07) is 10.0. The Bertz CT molecular complexity index is 1100. The van der Waals surface area contributed by atoms with E-state index < -0.39 is 0 Å². The molecule has 1 aromatic carbocycles. The van der Waals surface area contributed by atoms with E-state index >= 15 is 0 Å². The van der Waals surface area contributed by atoms with Crippen molar-refractivity contribution in [1.29, 1.82) is 5.41 Å². The molecule has 0 aliphatic carbocycles. The number of aromatic nitrogens is 3. The summed E-state index contributed by atoms with van der Waals surface area (Å²) in [6.07, 6.45) is 6.29. The maximum absolute atomic E-state index is 8.81. The average Bonchev–Trinajstić information content (AvgIpc) is 3.50. The van der Waals surface area contributed by atoms with E-state index in [1.54, 1.807) is 17.7 Å². The van der Waals surface area contributed by atoms with Gasteiger partial charge >= 0.3 is 0 Å². The first-order chi connectivity index (χ1) is 15.6. The lowest BCUT2D eigenvalue weighted by Gasteiger charge is -2.36. The zero-order chi connectivity index (χ0) is 22.1. The number of hydrogen-bond donors (Lipinski definition) is 1. The Labute approximate surface area is 192 Å². The Balaban J connectivity index is 1.37. The van der Waals surface area contributed by atoms with Crippen LogP contribution in [0.1, 0.15) is 37.9 Å². The predicted molar refractivity (Wildman–Crippen MR) is 129 cm³/mol. The molecule has 32 heavy (non-hydrogen) atoms. The summed E-state index contributed by atoms with van der Waals surface area (Å²) < 4.78 is 5.84. The minimum atomic E-state index is 0.151. The monoisotopic (exact) mass is 448 g/mol. The lowest BCUT2D eigenvalue weighted by atomic mass is 10.0. The van der Waals surface area contributed by atoms with Crippen LogP contribution < -0.4 is 9.80 Å². The number of benzene rings is 1. The summed E-state index contributed by atoms with van der Waals surface area (Å²) in [5.41, 5.74) is 2.95. The van der Waals surface area contributed by atoms with Gasteiger partial charge in [-0.3, -0.25) is 5.41 Å². The van der Waals surface area contributed by atoms with Crippen LogP contribution in [-0.4, -0.2) is 59.1 Å². The van der Waals surface area contributed by atoms with E-state index in [1.807, 2.05) is 24.4 Å². The van der Waals surface area contributed by atoms with E-state index in [4.69, 9.17) is 10.1 Å². The van der Waals surface area contributed by atoms with Gasteiger partial charge in [-0.05, 0) is 38.3 Å². The maximum Gasteiger partial charge on any atom is 0.185 e. The molecular formula is C24H28N6OS. The van der Waals surface area contributed by atoms with Gasteiger partial charge in [-0.2, -0.15) is 0 Å². The zero-order valence-electron chi connectivity index (χ0n) is 18.5. The molecular weight excluding hydrogens is 420 g/mol. The number of nitrogens with one attached hydrogen (secondary N) is 1. The van der Waals surface area contributed by atoms with Crippen LogP contribution in [0.5, 0.6) is 0 Å². The van der Waals surface area contributed by atoms with Gasteiger partial charge in [0.25, 0.3) is 0 Å². The molecule has 0 spiro atoms. The number of rotatable bonds is 5. The summed E-state index contributed by atoms with van der Waals surface area (Å²) in [5.74, 6) is 0.843. The van der Waals surface area contributed by atoms with Crippen LogP contribution in [-0.2, 0) is 4.74 Å². The van der Waals surface area contributed by atoms with Gasteiger partial charge < -0.3 is 14.5 Å². The van der Waals surface area contributed by atoms with Crippen LogP contribution in [0, 0.1) is 5.41 Å². The lowest BCUT2D eigenvalue weighted by Crippen LogP contribution is -2.45. The third-order valence-corrected chi connectivity index (χ3v) is 7.07. The summed E-state index contributed by atoms with van der Waals surface area (Å²) in [7, 11) is 0. The number of ether oxygens (including phenoxy) is 1. The van der Waals surface area contributed by atoms with Gasteiger partial charge in [-0.15, -0.1) is 0 Å². The molecule has 8 heteroatoms. The minimum Gasteiger partial charge on any atom is -0.372 e. The summed E-state index contributed by atoms with van der Waals surface area (Å²) in [4.78, 5) is 19.2. The predicted octanol–water partition coefficient (Wildman–Crippen LogP) is 4.23. The molecule has 4 heterocycles. The molecule has 7 nitrogen and oxygen atoms in total. The summed E-state index contributed by atoms with van der Waals surface area (Å²) in [5, 5.41) is 9.90. The van der Waals surface area contributed by atoms with E-state index in [1.165, 1.54) is 12.8 Å². The molecule has 0 saturated carbocycles. The van der Waals surface area contributed by atoms with Crippen molar-refractivity contribution in [2.24, 2.45) is 0 Å². The number of anilines is 2. The SMILES string of the molecule is CC1CN(c2cc(C(=N)c3cccc(-c4cnc(N5CCCC5)s4)c3)ncn2)CC(C)O1. The number of hydrogen-bond acceptors (Lipinski definition) is 8. The number of nitrogens with zero attached hydrogens (tertiary/aromatic N) is 5. The van der Waals surface area contributed by atoms with Crippen LogP contribution in [0.25, 0.3) is 10.4 Å². The minimum absolute atomic E-state index is 0.151. The Morgan fingerprint density at radius 1 is 1.03 bits per heavy atom. The van der Waals surface area contributed by atoms with Crippen molar-refractivity contribution in [2.45, 2.75) is 38.9 Å². The number of morpholine rings is 1. The number of thiazole rings is 1. The van der Waals surface area contributed by atoms with Crippen LogP contribution in [0.15, 0.2) is 42.9 Å². The standard InChI is InChI=1S/C24H28N6OS/c1-16-13-30(14-17(2)31-16)22-11-20(27-15-28-22)23(25)19-7-5-6-18(10-19)21-12-26-24(32-21)29-8-3-4-9-29/h5-7,10-12,15-17,25H,3-4,8-9,13-14H2,1-2H3. The quantitative estimate of drug-likeness (QED) is 0.589. The van der Waals surface area contributed by atoms with Crippen molar-refractivity contribution in [3.05, 3.63) is 54.1 Å². The van der Waals surface area contributed by atoms with Crippen molar-refractivity contribution in [3.8, 4) is 10.4 Å². The van der Waals surface area contributed by atoms with Crippen molar-refractivity contribution in [1.82, 2.24) is 15.0 Å². The summed E-state index contributed by atoms with van der Waals surface area (Å²) >= 11 is 1.72. The van der Waals surface area contributed by atoms with E-state index in [2.05, 4.69) is 50.7 Å². The molecule has 2 unspecified atom stereocenters. The van der Waals surface area contributed by atoms with Crippen molar-refractivity contribution < 1.29 is 4.74 Å². The average molecular weight is 449 g/mol. The molecule has 2 aliphatic rings. The lowest BCUT2D eigenvalue weighted by molar-refractivity contribution is -0.00546. The highest BCUT2D eigenvalue weighted by atomic mass is 32.1. The molecule has 2 fully saturated rings. The maximum atomic E-state index is 8.81. The van der Waals surface area contributed by atoms with Gasteiger partial charge in [0, 0.05) is 44.0 Å². The molecule has 0 radical (unpaired) electrons. The van der Waals surface area contributed by atoms with Gasteiger partial charge in [0.2, 0.25) is 0 Å². The second-order valence-corrected chi connectivity index (χ2v) is 9.59. The van der Waals surface area contributed by atoms with Crippen LogP contribution in [0.3, 0.4) is 0 Å². The largest absolute Gasteiger partial charge is 0.372 e. The van der Waals surface area contributed by atoms with Crippen LogP contribution >= 0.6 is 11.3 Å². The fourth-order valence-corrected chi connectivity index (χ4v) is 5.41. The van der Waals surface area contributed by atoms with Gasteiger partial charge in [-0.25, -0.2) is 15.0 Å². The first-order valence-electron chi connectivity index (χ1n) is 11.2. The van der Waals surface area contributed by atoms with Gasteiger partial charge in [0.15, 0.2) is 5.13 Å². The van der Waals surface area contributed by atoms with Crippen LogP contribution in [0.4, 0.5) is 10.9 Å². The molecule has 2 saturated heterocycles. The fraction of sp³-hybridized carbons (Fsp3) is 0.417. The van der Waals surface area contributed by atoms with Gasteiger partial charge in [0.1, 0.15) is 12.1 Å². The Morgan fingerprint density at radius 3 is 2.59 bits per heavy atom. The van der Waals surface area contributed by atoms with Crippen molar-refractivity contribution in [3.63, 3.8) is 0 Å². The van der Waals surface area contributed by atoms with E-state index in [-0.39, 0.29) is 12.2 Å². The molecule has 0 amide bonds. The highest BCUT2D eigenvalue weighted by Gasteiger charge is 2.24. The molecule has 2 aliphatic heterocycles. The third-order valence-electron chi connectivity index (χ3n) is 5.96. The topological polar surface area (TPSA) is 78.2 Å². The Hall–Kier alpha value is -2.84. The first-order valence-corrected chi connectivity index (χ1v) is 12.0. The second-order valence-electron chi connectivity index (χ2n) is 8.58. The molecule has 2 atom stereocenters. The van der Waals surface area contributed by atoms with E-state index in [9.17, 15) is 0 Å². The van der Waals surface area contributed by atoms with Crippen LogP contribution in [0.2, 0.25) is 0 Å². The molecule has 166 valence electrons. The second kappa shape index (κ2) is 8.96. The Morgan fingerprint density at radius 2 is 1.81 bits per heavy atom. The Kier molecular flexibility index (Phi) is 5.89. The molecule has 3 aromatic rings. The van der Waals surface area contributed by atoms with Gasteiger partial charge in [-0.1, -0.05) is 29.5 Å². The summed E-state index contributed by atoms with van der Waals surface area (Å²) in [6.45, 7) is 7.91. The molecule has 1 N–H and O–H groups in total. The third kappa shape index (κ3) is 4.38. The zero-order valence-corrected chi connectivity index (χ0v) is 19.3. The van der Waals surface area contributed by atoms with Crippen molar-refractivity contribution in [2.75, 3.05) is 36.0 Å². The first kappa shape index (κ1) is 21.0.